The Morgan fingerprint density at radius 3 is 2.53 bits per heavy atom. The average molecular weight is 417 g/mol. The standard InChI is InChI=1S/C22H19N5O2S/c1-12(27-21(28)13-7-5-6-8-14(13)22(27)29)18-24-19-17-15-9-3-2-4-10-16(15)30-20(17)23-11-26(19)25-18/h5-8,11-12H,2-4,9-10H2,1H3. The number of nitrogens with zero attached hydrogens (tertiary/aromatic N) is 5. The topological polar surface area (TPSA) is 80.5 Å². The van der Waals surface area contributed by atoms with Crippen LogP contribution in [0.4, 0.5) is 0 Å². The molecule has 1 unspecified atom stereocenters. The molecule has 0 bridgehead atoms. The second-order valence-electron chi connectivity index (χ2n) is 7.93. The number of imide groups is 1. The summed E-state index contributed by atoms with van der Waals surface area (Å²) in [5.74, 6) is -0.142. The van der Waals surface area contributed by atoms with Crippen LogP contribution in [0.2, 0.25) is 0 Å². The van der Waals surface area contributed by atoms with Gasteiger partial charge in [0.1, 0.15) is 11.2 Å². The van der Waals surface area contributed by atoms with Crippen LogP contribution in [-0.2, 0) is 12.8 Å². The molecule has 150 valence electrons. The zero-order valence-electron chi connectivity index (χ0n) is 16.5. The summed E-state index contributed by atoms with van der Waals surface area (Å²) >= 11 is 1.75. The first kappa shape index (κ1) is 17.7. The molecule has 1 aromatic carbocycles. The third-order valence-corrected chi connectivity index (χ3v) is 7.34. The van der Waals surface area contributed by atoms with Crippen molar-refractivity contribution >= 4 is 39.0 Å². The second kappa shape index (κ2) is 6.43. The van der Waals surface area contributed by atoms with Crippen molar-refractivity contribution in [1.29, 1.82) is 0 Å². The summed E-state index contributed by atoms with van der Waals surface area (Å²) in [6.07, 6.45) is 7.44. The SMILES string of the molecule is CC(c1nc2c3c4c(sc3ncn2n1)CCCCC4)N1C(=O)c2ccccc2C1=O. The van der Waals surface area contributed by atoms with Gasteiger partial charge < -0.3 is 0 Å². The summed E-state index contributed by atoms with van der Waals surface area (Å²) in [6.45, 7) is 1.80. The summed E-state index contributed by atoms with van der Waals surface area (Å²) in [4.78, 5) is 38.8. The van der Waals surface area contributed by atoms with Gasteiger partial charge in [0.2, 0.25) is 0 Å². The van der Waals surface area contributed by atoms with Gasteiger partial charge in [0, 0.05) is 4.88 Å². The Morgan fingerprint density at radius 2 is 1.77 bits per heavy atom. The molecule has 1 aliphatic heterocycles. The van der Waals surface area contributed by atoms with E-state index < -0.39 is 6.04 Å². The largest absolute Gasteiger partial charge is 0.269 e. The van der Waals surface area contributed by atoms with E-state index in [2.05, 4.69) is 10.1 Å². The van der Waals surface area contributed by atoms with Gasteiger partial charge in [-0.25, -0.2) is 14.5 Å². The van der Waals surface area contributed by atoms with Crippen molar-refractivity contribution in [2.45, 2.75) is 45.1 Å². The minimum atomic E-state index is -0.565. The maximum Gasteiger partial charge on any atom is 0.262 e. The van der Waals surface area contributed by atoms with Gasteiger partial charge in [0.25, 0.3) is 11.8 Å². The maximum atomic E-state index is 12.9. The summed E-state index contributed by atoms with van der Waals surface area (Å²) < 4.78 is 1.68. The number of carbonyl (C=O) groups is 2. The molecule has 2 amide bonds. The predicted molar refractivity (Wildman–Crippen MR) is 113 cm³/mol. The molecular weight excluding hydrogens is 398 g/mol. The first-order valence-electron chi connectivity index (χ1n) is 10.3. The van der Waals surface area contributed by atoms with Crippen molar-refractivity contribution in [3.05, 3.63) is 58.0 Å². The lowest BCUT2D eigenvalue weighted by atomic mass is 10.1. The summed E-state index contributed by atoms with van der Waals surface area (Å²) in [5, 5.41) is 5.67. The van der Waals surface area contributed by atoms with Gasteiger partial charge in [0.15, 0.2) is 11.5 Å². The highest BCUT2D eigenvalue weighted by Crippen LogP contribution is 2.37. The average Bonchev–Trinajstić information content (AvgIpc) is 3.35. The van der Waals surface area contributed by atoms with Crippen molar-refractivity contribution in [2.75, 3.05) is 0 Å². The van der Waals surface area contributed by atoms with Crippen molar-refractivity contribution < 1.29 is 9.59 Å². The van der Waals surface area contributed by atoms with E-state index in [9.17, 15) is 9.59 Å². The minimum Gasteiger partial charge on any atom is -0.269 e. The summed E-state index contributed by atoms with van der Waals surface area (Å²) in [5.41, 5.74) is 2.98. The lowest BCUT2D eigenvalue weighted by molar-refractivity contribution is 0.0589. The maximum absolute atomic E-state index is 12.9. The molecule has 0 saturated heterocycles. The van der Waals surface area contributed by atoms with Crippen LogP contribution in [0, 0.1) is 0 Å². The van der Waals surface area contributed by atoms with Crippen molar-refractivity contribution in [3.8, 4) is 0 Å². The highest BCUT2D eigenvalue weighted by atomic mass is 32.1. The third kappa shape index (κ3) is 2.40. The van der Waals surface area contributed by atoms with Crippen molar-refractivity contribution in [1.82, 2.24) is 24.5 Å². The van der Waals surface area contributed by atoms with E-state index in [1.54, 1.807) is 53.4 Å². The van der Waals surface area contributed by atoms with Gasteiger partial charge >= 0.3 is 0 Å². The van der Waals surface area contributed by atoms with Crippen LogP contribution >= 0.6 is 11.3 Å². The lowest BCUT2D eigenvalue weighted by Gasteiger charge is -2.19. The number of aryl methyl sites for hydroxylation is 2. The normalized spacial score (nSPS) is 17.4. The number of rotatable bonds is 2. The van der Waals surface area contributed by atoms with E-state index in [0.717, 1.165) is 28.7 Å². The molecule has 0 fully saturated rings. The summed E-state index contributed by atoms with van der Waals surface area (Å²) in [6, 6.07) is 6.35. The Kier molecular flexibility index (Phi) is 3.80. The smallest absolute Gasteiger partial charge is 0.262 e. The third-order valence-electron chi connectivity index (χ3n) is 6.14. The van der Waals surface area contributed by atoms with E-state index in [-0.39, 0.29) is 11.8 Å². The molecule has 1 atom stereocenters. The number of hydrogen-bond donors (Lipinski definition) is 0. The molecule has 0 saturated carbocycles. The van der Waals surface area contributed by atoms with Gasteiger partial charge in [-0.1, -0.05) is 18.6 Å². The molecule has 0 spiro atoms. The molecule has 2 aliphatic rings. The highest BCUT2D eigenvalue weighted by Gasteiger charge is 2.40. The first-order chi connectivity index (χ1) is 14.6. The molecular formula is C22H19N5O2S. The molecule has 1 aliphatic carbocycles. The molecule has 7 nitrogen and oxygen atoms in total. The highest BCUT2D eigenvalue weighted by molar-refractivity contribution is 7.19. The number of amides is 2. The lowest BCUT2D eigenvalue weighted by Crippen LogP contribution is -2.33. The van der Waals surface area contributed by atoms with Crippen molar-refractivity contribution in [3.63, 3.8) is 0 Å². The first-order valence-corrected chi connectivity index (χ1v) is 11.1. The molecule has 8 heteroatoms. The van der Waals surface area contributed by atoms with Crippen LogP contribution in [0.25, 0.3) is 15.9 Å². The fourth-order valence-electron chi connectivity index (χ4n) is 4.60. The van der Waals surface area contributed by atoms with E-state index in [4.69, 9.17) is 4.98 Å². The van der Waals surface area contributed by atoms with Crippen molar-refractivity contribution in [2.24, 2.45) is 0 Å². The zero-order chi connectivity index (χ0) is 20.4. The van der Waals surface area contributed by atoms with Gasteiger partial charge in [0.05, 0.1) is 22.6 Å². The Hall–Kier alpha value is -3.13. The molecule has 0 radical (unpaired) electrons. The van der Waals surface area contributed by atoms with E-state index >= 15 is 0 Å². The number of fused-ring (bicyclic) bond motifs is 6. The number of thiophene rings is 1. The molecule has 4 aromatic rings. The van der Waals surface area contributed by atoms with Crippen LogP contribution in [-0.4, -0.2) is 36.3 Å². The van der Waals surface area contributed by atoms with Crippen LogP contribution in [0.15, 0.2) is 30.6 Å². The number of aromatic nitrogens is 4. The Balaban J connectivity index is 1.46. The van der Waals surface area contributed by atoms with Crippen LogP contribution in [0.5, 0.6) is 0 Å². The van der Waals surface area contributed by atoms with Gasteiger partial charge in [-0.2, -0.15) is 0 Å². The zero-order valence-corrected chi connectivity index (χ0v) is 17.3. The Bertz CT molecular complexity index is 1320. The molecule has 0 N–H and O–H groups in total. The van der Waals surface area contributed by atoms with E-state index in [1.807, 2.05) is 0 Å². The quantitative estimate of drug-likeness (QED) is 0.364. The van der Waals surface area contributed by atoms with E-state index in [0.29, 0.717) is 17.0 Å². The van der Waals surface area contributed by atoms with Gasteiger partial charge in [-0.15, -0.1) is 16.4 Å². The molecule has 6 rings (SSSR count). The van der Waals surface area contributed by atoms with Crippen LogP contribution < -0.4 is 0 Å². The molecule has 30 heavy (non-hydrogen) atoms. The van der Waals surface area contributed by atoms with Crippen LogP contribution in [0.1, 0.15) is 69.2 Å². The fraction of sp³-hybridized carbons (Fsp3) is 0.318. The molecule has 3 aromatic heterocycles. The van der Waals surface area contributed by atoms with Crippen LogP contribution in [0.3, 0.4) is 0 Å². The Morgan fingerprint density at radius 1 is 1.03 bits per heavy atom. The molecule has 4 heterocycles. The Labute approximate surface area is 176 Å². The minimum absolute atomic E-state index is 0.297. The number of carbonyl (C=O) groups excluding carboxylic acids is 2. The van der Waals surface area contributed by atoms with E-state index in [1.165, 1.54) is 34.6 Å². The van der Waals surface area contributed by atoms with Gasteiger partial charge in [-0.05, 0) is 50.3 Å². The number of benzene rings is 1. The number of hydrogen-bond acceptors (Lipinski definition) is 6. The van der Waals surface area contributed by atoms with Gasteiger partial charge in [-0.3, -0.25) is 14.5 Å². The fourth-order valence-corrected chi connectivity index (χ4v) is 5.82. The summed E-state index contributed by atoms with van der Waals surface area (Å²) in [7, 11) is 0. The monoisotopic (exact) mass is 417 g/mol. The second-order valence-corrected chi connectivity index (χ2v) is 9.01. The predicted octanol–water partition coefficient (Wildman–Crippen LogP) is 3.97.